The van der Waals surface area contributed by atoms with Gasteiger partial charge in [-0.2, -0.15) is 0 Å². The van der Waals surface area contributed by atoms with E-state index in [-0.39, 0.29) is 0 Å². The summed E-state index contributed by atoms with van der Waals surface area (Å²) in [5.41, 5.74) is 1.55. The predicted octanol–water partition coefficient (Wildman–Crippen LogP) is 5.13. The Kier molecular flexibility index (Phi) is 5.39. The van der Waals surface area contributed by atoms with Crippen molar-refractivity contribution >= 4 is 0 Å². The normalized spacial score (nSPS) is 42.9. The van der Waals surface area contributed by atoms with Crippen LogP contribution in [0, 0.1) is 22.2 Å². The van der Waals surface area contributed by atoms with Crippen molar-refractivity contribution in [1.29, 1.82) is 0 Å². The lowest BCUT2D eigenvalue weighted by atomic mass is 9.30. The molecule has 4 saturated carbocycles. The van der Waals surface area contributed by atoms with Gasteiger partial charge in [0.1, 0.15) is 0 Å². The van der Waals surface area contributed by atoms with Gasteiger partial charge < -0.3 is 10.6 Å². The smallest absolute Gasteiger partial charge is 0.0104 e. The van der Waals surface area contributed by atoms with Crippen LogP contribution in [0.15, 0.2) is 0 Å². The van der Waals surface area contributed by atoms with Crippen molar-refractivity contribution in [2.24, 2.45) is 22.2 Å². The largest absolute Gasteiger partial charge is 0.313 e. The summed E-state index contributed by atoms with van der Waals surface area (Å²) >= 11 is 0. The molecule has 24 heavy (non-hydrogen) atoms. The Morgan fingerprint density at radius 3 is 2.04 bits per heavy atom. The first-order valence-electron chi connectivity index (χ1n) is 10.8. The van der Waals surface area contributed by atoms with Crippen LogP contribution in [0.25, 0.3) is 0 Å². The lowest BCUT2D eigenvalue weighted by molar-refractivity contribution is -0.253. The van der Waals surface area contributed by atoms with Crippen LogP contribution in [-0.2, 0) is 0 Å². The van der Waals surface area contributed by atoms with Gasteiger partial charge in [0, 0.05) is 25.2 Å². The minimum atomic E-state index is 0.495. The fraction of sp³-hybridized carbons (Fsp3) is 1.00. The van der Waals surface area contributed by atoms with Crippen LogP contribution in [0.4, 0.5) is 0 Å². The van der Waals surface area contributed by atoms with E-state index in [0.29, 0.717) is 22.3 Å². The highest BCUT2D eigenvalue weighted by Crippen LogP contribution is 2.75. The van der Waals surface area contributed by atoms with Gasteiger partial charge in [0.2, 0.25) is 0 Å². The zero-order chi connectivity index (χ0) is 17.4. The van der Waals surface area contributed by atoms with Crippen LogP contribution in [0.2, 0.25) is 0 Å². The molecule has 0 saturated heterocycles. The van der Waals surface area contributed by atoms with Crippen LogP contribution >= 0.6 is 0 Å². The number of hydrogen-bond donors (Lipinski definition) is 2. The third-order valence-electron chi connectivity index (χ3n) is 9.04. The third-order valence-corrected chi connectivity index (χ3v) is 9.04. The lowest BCUT2D eigenvalue weighted by Gasteiger charge is -2.75. The van der Waals surface area contributed by atoms with E-state index >= 15 is 0 Å². The fourth-order valence-electron chi connectivity index (χ4n) is 6.44. The molecule has 0 spiro atoms. The molecule has 2 N–H and O–H groups in total. The van der Waals surface area contributed by atoms with Crippen LogP contribution in [0.5, 0.6) is 0 Å². The molecule has 2 nitrogen and oxygen atoms in total. The first-order chi connectivity index (χ1) is 11.3. The fourth-order valence-corrected chi connectivity index (χ4v) is 6.44. The molecule has 2 bridgehead atoms. The molecule has 140 valence electrons. The number of fused-ring (bicyclic) bond motifs is 2. The van der Waals surface area contributed by atoms with Gasteiger partial charge in [-0.25, -0.2) is 0 Å². The summed E-state index contributed by atoms with van der Waals surface area (Å²) in [7, 11) is 0. The monoisotopic (exact) mass is 334 g/mol. The molecule has 4 aliphatic rings. The SMILES string of the molecule is C[C@@H]1[C@@H](NCCNC2CCCCCCC2)C[C@]2(C)C[C@@]1(C)C2(C)C. The Hall–Kier alpha value is -0.0800. The second-order valence-corrected chi connectivity index (χ2v) is 10.3. The molecule has 0 heterocycles. The zero-order valence-electron chi connectivity index (χ0n) is 17.0. The van der Waals surface area contributed by atoms with Crippen molar-refractivity contribution in [2.45, 2.75) is 104 Å². The van der Waals surface area contributed by atoms with E-state index in [1.165, 1.54) is 57.8 Å². The third kappa shape index (κ3) is 3.07. The van der Waals surface area contributed by atoms with Crippen LogP contribution in [-0.4, -0.2) is 25.2 Å². The minimum absolute atomic E-state index is 0.495. The van der Waals surface area contributed by atoms with Gasteiger partial charge in [-0.05, 0) is 47.8 Å². The molecule has 4 aliphatic carbocycles. The lowest BCUT2D eigenvalue weighted by Crippen LogP contribution is -2.71. The number of nitrogens with one attached hydrogen (secondary N) is 2. The Bertz CT molecular complexity index is 424. The summed E-state index contributed by atoms with van der Waals surface area (Å²) in [4.78, 5) is 0. The summed E-state index contributed by atoms with van der Waals surface area (Å²) in [5, 5.41) is 7.76. The van der Waals surface area contributed by atoms with E-state index in [2.05, 4.69) is 45.3 Å². The van der Waals surface area contributed by atoms with Gasteiger partial charge in [-0.3, -0.25) is 0 Å². The Balaban J connectivity index is 1.43. The molecule has 0 aromatic heterocycles. The summed E-state index contributed by atoms with van der Waals surface area (Å²) < 4.78 is 0. The second kappa shape index (κ2) is 6.91. The average molecular weight is 335 g/mol. The maximum absolute atomic E-state index is 3.93. The molecule has 4 rings (SSSR count). The standard InChI is InChI=1S/C22H42N2/c1-17-19(15-21(4)16-22(17,5)20(21,2)3)24-14-13-23-18-11-9-7-6-8-10-12-18/h17-19,23-24H,6-16H2,1-5H3/t17-,19+,21-,22-/m1/s1. The Morgan fingerprint density at radius 2 is 1.42 bits per heavy atom. The van der Waals surface area contributed by atoms with Gasteiger partial charge >= 0.3 is 0 Å². The quantitative estimate of drug-likeness (QED) is 0.681. The molecule has 0 amide bonds. The van der Waals surface area contributed by atoms with Gasteiger partial charge in [-0.1, -0.05) is 66.7 Å². The first kappa shape index (κ1) is 18.7. The van der Waals surface area contributed by atoms with Crippen molar-refractivity contribution in [3.63, 3.8) is 0 Å². The molecular formula is C22H42N2. The van der Waals surface area contributed by atoms with E-state index in [1.54, 1.807) is 0 Å². The van der Waals surface area contributed by atoms with Crippen molar-refractivity contribution in [1.82, 2.24) is 10.6 Å². The van der Waals surface area contributed by atoms with Crippen LogP contribution in [0.3, 0.4) is 0 Å². The summed E-state index contributed by atoms with van der Waals surface area (Å²) in [6, 6.07) is 1.49. The van der Waals surface area contributed by atoms with E-state index in [1.807, 2.05) is 0 Å². The molecule has 0 aromatic rings. The Morgan fingerprint density at radius 1 is 0.833 bits per heavy atom. The van der Waals surface area contributed by atoms with Gasteiger partial charge in [0.05, 0.1) is 0 Å². The van der Waals surface area contributed by atoms with E-state index in [9.17, 15) is 0 Å². The molecule has 0 aromatic carbocycles. The summed E-state index contributed by atoms with van der Waals surface area (Å²) in [6.45, 7) is 14.9. The van der Waals surface area contributed by atoms with Crippen LogP contribution < -0.4 is 10.6 Å². The van der Waals surface area contributed by atoms with Gasteiger partial charge in [-0.15, -0.1) is 0 Å². The molecular weight excluding hydrogens is 292 g/mol. The van der Waals surface area contributed by atoms with E-state index in [4.69, 9.17) is 0 Å². The van der Waals surface area contributed by atoms with Crippen LogP contribution in [0.1, 0.15) is 92.4 Å². The Labute approximate surface area is 150 Å². The van der Waals surface area contributed by atoms with Crippen molar-refractivity contribution in [2.75, 3.05) is 13.1 Å². The van der Waals surface area contributed by atoms with E-state index in [0.717, 1.165) is 25.0 Å². The summed E-state index contributed by atoms with van der Waals surface area (Å²) in [5.74, 6) is 0.788. The molecule has 0 unspecified atom stereocenters. The summed E-state index contributed by atoms with van der Waals surface area (Å²) in [6.07, 6.45) is 12.8. The van der Waals surface area contributed by atoms with Gasteiger partial charge in [0.25, 0.3) is 0 Å². The first-order valence-corrected chi connectivity index (χ1v) is 10.8. The topological polar surface area (TPSA) is 24.1 Å². The predicted molar refractivity (Wildman–Crippen MR) is 104 cm³/mol. The van der Waals surface area contributed by atoms with Crippen molar-refractivity contribution in [3.05, 3.63) is 0 Å². The molecule has 0 aliphatic heterocycles. The maximum Gasteiger partial charge on any atom is 0.0104 e. The minimum Gasteiger partial charge on any atom is -0.313 e. The zero-order valence-corrected chi connectivity index (χ0v) is 17.0. The molecule has 4 fully saturated rings. The van der Waals surface area contributed by atoms with E-state index < -0.39 is 0 Å². The number of hydrogen-bond acceptors (Lipinski definition) is 2. The second-order valence-electron chi connectivity index (χ2n) is 10.3. The van der Waals surface area contributed by atoms with Gasteiger partial charge in [0.15, 0.2) is 0 Å². The molecule has 0 radical (unpaired) electrons. The maximum atomic E-state index is 3.93. The van der Waals surface area contributed by atoms with Crippen molar-refractivity contribution in [3.8, 4) is 0 Å². The highest BCUT2D eigenvalue weighted by Gasteiger charge is 2.70. The highest BCUT2D eigenvalue weighted by atomic mass is 15.0. The molecule has 2 heteroatoms. The van der Waals surface area contributed by atoms with Crippen molar-refractivity contribution < 1.29 is 0 Å². The highest BCUT2D eigenvalue weighted by molar-refractivity contribution is 5.20. The molecule has 4 atom stereocenters. The number of rotatable bonds is 5. The average Bonchev–Trinajstić information content (AvgIpc) is 2.49.